The molecule has 1 aliphatic heterocycles. The number of aryl methyl sites for hydroxylation is 1. The number of benzene rings is 2. The second kappa shape index (κ2) is 9.26. The van der Waals surface area contributed by atoms with Crippen molar-refractivity contribution in [2.24, 2.45) is 0 Å². The number of likely N-dealkylation sites (N-methyl/N-ethyl adjacent to an activating group) is 1. The lowest BCUT2D eigenvalue weighted by atomic mass is 10.2. The Morgan fingerprint density at radius 2 is 1.58 bits per heavy atom. The van der Waals surface area contributed by atoms with Crippen LogP contribution in [0.15, 0.2) is 53.4 Å². The van der Waals surface area contributed by atoms with Crippen LogP contribution in [-0.2, 0) is 10.0 Å². The van der Waals surface area contributed by atoms with Gasteiger partial charge in [-0.25, -0.2) is 13.1 Å². The van der Waals surface area contributed by atoms with Gasteiger partial charge in [-0.3, -0.25) is 4.79 Å². The summed E-state index contributed by atoms with van der Waals surface area (Å²) in [5, 5.41) is 7.85. The molecule has 10 heteroatoms. The number of nitrogens with one attached hydrogen (secondary N) is 1. The number of rotatable bonds is 5. The summed E-state index contributed by atoms with van der Waals surface area (Å²) in [5.41, 5.74) is 3.37. The maximum atomic E-state index is 12.8. The Kier molecular flexibility index (Phi) is 6.58. The van der Waals surface area contributed by atoms with Crippen molar-refractivity contribution in [2.75, 3.05) is 38.5 Å². The number of carbonyl (C=O) groups is 1. The van der Waals surface area contributed by atoms with Crippen LogP contribution in [0.5, 0.6) is 0 Å². The van der Waals surface area contributed by atoms with Gasteiger partial charge in [-0.2, -0.15) is 9.40 Å². The molecule has 1 aliphatic rings. The number of aromatic nitrogens is 2. The summed E-state index contributed by atoms with van der Waals surface area (Å²) >= 11 is 6.22. The highest BCUT2D eigenvalue weighted by Gasteiger charge is 2.27. The van der Waals surface area contributed by atoms with E-state index in [1.807, 2.05) is 20.9 Å². The fourth-order valence-corrected chi connectivity index (χ4v) is 5.26. The predicted molar refractivity (Wildman–Crippen MR) is 129 cm³/mol. The van der Waals surface area contributed by atoms with E-state index in [0.717, 1.165) is 17.1 Å². The number of sulfonamides is 1. The van der Waals surface area contributed by atoms with Gasteiger partial charge in [0.1, 0.15) is 0 Å². The first-order valence-electron chi connectivity index (χ1n) is 10.6. The zero-order valence-electron chi connectivity index (χ0n) is 18.7. The molecule has 0 saturated carbocycles. The third-order valence-electron chi connectivity index (χ3n) is 5.79. The van der Waals surface area contributed by atoms with Gasteiger partial charge < -0.3 is 10.2 Å². The zero-order chi connectivity index (χ0) is 23.8. The molecule has 0 spiro atoms. The maximum absolute atomic E-state index is 12.8. The minimum absolute atomic E-state index is 0.220. The van der Waals surface area contributed by atoms with Gasteiger partial charge in [-0.1, -0.05) is 11.6 Å². The number of amides is 1. The van der Waals surface area contributed by atoms with Gasteiger partial charge in [-0.05, 0) is 69.4 Å². The monoisotopic (exact) mass is 487 g/mol. The Hall–Kier alpha value is -2.72. The lowest BCUT2D eigenvalue weighted by molar-refractivity contribution is 0.102. The third-order valence-corrected chi connectivity index (χ3v) is 8.25. The molecular formula is C23H26ClN5O3S. The Morgan fingerprint density at radius 3 is 2.12 bits per heavy atom. The fourth-order valence-electron chi connectivity index (χ4n) is 3.72. The molecule has 1 N–H and O–H groups in total. The topological polar surface area (TPSA) is 87.5 Å². The van der Waals surface area contributed by atoms with Gasteiger partial charge in [0.25, 0.3) is 5.91 Å². The molecule has 3 aromatic rings. The SMILES string of the molecule is Cc1nn(-c2ccc(C(=O)Nc3ccc(S(=O)(=O)N4CCN(C)CC4)cc3)cc2)c(C)c1Cl. The molecule has 0 aliphatic carbocycles. The summed E-state index contributed by atoms with van der Waals surface area (Å²) < 4.78 is 28.9. The van der Waals surface area contributed by atoms with E-state index in [0.29, 0.717) is 42.5 Å². The van der Waals surface area contributed by atoms with Crippen molar-refractivity contribution >= 4 is 33.2 Å². The Bertz CT molecular complexity index is 1260. The molecule has 2 aromatic carbocycles. The van der Waals surface area contributed by atoms with Crippen LogP contribution in [0.4, 0.5) is 5.69 Å². The van der Waals surface area contributed by atoms with E-state index in [2.05, 4.69) is 15.3 Å². The molecule has 1 fully saturated rings. The lowest BCUT2D eigenvalue weighted by Gasteiger charge is -2.31. The Balaban J connectivity index is 1.44. The van der Waals surface area contributed by atoms with Crippen LogP contribution in [0.1, 0.15) is 21.7 Å². The van der Waals surface area contributed by atoms with Crippen molar-refractivity contribution in [3.8, 4) is 5.69 Å². The first kappa shape index (κ1) is 23.4. The molecule has 2 heterocycles. The average Bonchev–Trinajstić information content (AvgIpc) is 3.07. The van der Waals surface area contributed by atoms with E-state index < -0.39 is 10.0 Å². The number of carbonyl (C=O) groups excluding carboxylic acids is 1. The van der Waals surface area contributed by atoms with Crippen molar-refractivity contribution in [3.63, 3.8) is 0 Å². The van der Waals surface area contributed by atoms with E-state index in [4.69, 9.17) is 11.6 Å². The maximum Gasteiger partial charge on any atom is 0.255 e. The number of hydrogen-bond donors (Lipinski definition) is 1. The number of anilines is 1. The second-order valence-electron chi connectivity index (χ2n) is 8.13. The molecule has 1 amide bonds. The molecular weight excluding hydrogens is 462 g/mol. The van der Waals surface area contributed by atoms with Gasteiger partial charge in [0.2, 0.25) is 10.0 Å². The zero-order valence-corrected chi connectivity index (χ0v) is 20.3. The normalized spacial score (nSPS) is 15.5. The summed E-state index contributed by atoms with van der Waals surface area (Å²) in [4.78, 5) is 15.0. The number of hydrogen-bond acceptors (Lipinski definition) is 5. The Morgan fingerprint density at radius 1 is 0.970 bits per heavy atom. The number of piperazine rings is 1. The summed E-state index contributed by atoms with van der Waals surface area (Å²) in [6, 6.07) is 13.3. The fraction of sp³-hybridized carbons (Fsp3) is 0.304. The first-order chi connectivity index (χ1) is 15.7. The minimum atomic E-state index is -3.54. The van der Waals surface area contributed by atoms with Gasteiger partial charge in [0.05, 0.1) is 27.0 Å². The molecule has 0 atom stereocenters. The number of halogens is 1. The summed E-state index contributed by atoms with van der Waals surface area (Å²) in [6.07, 6.45) is 0. The van der Waals surface area contributed by atoms with Crippen molar-refractivity contribution in [3.05, 3.63) is 70.5 Å². The molecule has 1 saturated heterocycles. The van der Waals surface area contributed by atoms with Crippen LogP contribution >= 0.6 is 11.6 Å². The van der Waals surface area contributed by atoms with E-state index in [9.17, 15) is 13.2 Å². The minimum Gasteiger partial charge on any atom is -0.322 e. The van der Waals surface area contributed by atoms with Crippen molar-refractivity contribution < 1.29 is 13.2 Å². The lowest BCUT2D eigenvalue weighted by Crippen LogP contribution is -2.46. The predicted octanol–water partition coefficient (Wildman–Crippen LogP) is 3.33. The molecule has 0 bridgehead atoms. The molecule has 1 aromatic heterocycles. The van der Waals surface area contributed by atoms with Gasteiger partial charge >= 0.3 is 0 Å². The quantitative estimate of drug-likeness (QED) is 0.596. The molecule has 0 unspecified atom stereocenters. The standard InChI is InChI=1S/C23H26ClN5O3S/c1-16-22(24)17(2)29(26-16)20-8-4-18(5-9-20)23(30)25-19-6-10-21(11-7-19)33(31,32)28-14-12-27(3)13-15-28/h4-11H,12-15H2,1-3H3,(H,25,30). The van der Waals surface area contributed by atoms with E-state index in [1.165, 1.54) is 16.4 Å². The molecule has 8 nitrogen and oxygen atoms in total. The van der Waals surface area contributed by atoms with Gasteiger partial charge in [0.15, 0.2) is 0 Å². The summed E-state index contributed by atoms with van der Waals surface area (Å²) in [7, 11) is -1.57. The number of nitrogens with zero attached hydrogens (tertiary/aromatic N) is 4. The molecule has 0 radical (unpaired) electrons. The van der Waals surface area contributed by atoms with Crippen LogP contribution < -0.4 is 5.32 Å². The molecule has 4 rings (SSSR count). The third kappa shape index (κ3) is 4.81. The van der Waals surface area contributed by atoms with Crippen molar-refractivity contribution in [1.29, 1.82) is 0 Å². The van der Waals surface area contributed by atoms with E-state index >= 15 is 0 Å². The molecule has 33 heavy (non-hydrogen) atoms. The van der Waals surface area contributed by atoms with Crippen LogP contribution in [0, 0.1) is 13.8 Å². The van der Waals surface area contributed by atoms with Crippen molar-refractivity contribution in [2.45, 2.75) is 18.7 Å². The largest absolute Gasteiger partial charge is 0.322 e. The highest BCUT2D eigenvalue weighted by atomic mass is 35.5. The van der Waals surface area contributed by atoms with Crippen LogP contribution in [-0.4, -0.2) is 66.5 Å². The van der Waals surface area contributed by atoms with Crippen molar-refractivity contribution in [1.82, 2.24) is 19.0 Å². The van der Waals surface area contributed by atoms with Crippen LogP contribution in [0.3, 0.4) is 0 Å². The highest BCUT2D eigenvalue weighted by Crippen LogP contribution is 2.23. The van der Waals surface area contributed by atoms with Gasteiger partial charge in [0, 0.05) is 37.4 Å². The second-order valence-corrected chi connectivity index (χ2v) is 10.4. The van der Waals surface area contributed by atoms with E-state index in [1.54, 1.807) is 41.1 Å². The highest BCUT2D eigenvalue weighted by molar-refractivity contribution is 7.89. The first-order valence-corrected chi connectivity index (χ1v) is 12.4. The Labute approximate surface area is 198 Å². The summed E-state index contributed by atoms with van der Waals surface area (Å²) in [5.74, 6) is -0.289. The van der Waals surface area contributed by atoms with Gasteiger partial charge in [-0.15, -0.1) is 0 Å². The van der Waals surface area contributed by atoms with Crippen LogP contribution in [0.2, 0.25) is 5.02 Å². The van der Waals surface area contributed by atoms with Crippen LogP contribution in [0.25, 0.3) is 5.69 Å². The van der Waals surface area contributed by atoms with E-state index in [-0.39, 0.29) is 10.8 Å². The smallest absolute Gasteiger partial charge is 0.255 e. The summed E-state index contributed by atoms with van der Waals surface area (Å²) in [6.45, 7) is 6.08. The molecule has 174 valence electrons. The average molecular weight is 488 g/mol.